The average Bonchev–Trinajstić information content (AvgIpc) is 2.69. The van der Waals surface area contributed by atoms with E-state index in [0.29, 0.717) is 13.2 Å². The fraction of sp³-hybridized carbons (Fsp3) is 0.818. The van der Waals surface area contributed by atoms with Crippen LogP contribution in [-0.2, 0) is 13.3 Å². The monoisotopic (exact) mass is 380 g/mol. The molecule has 0 saturated carbocycles. The maximum absolute atomic E-state index is 7.03. The van der Waals surface area contributed by atoms with Crippen LogP contribution in [0.15, 0.2) is 23.3 Å². The maximum Gasteiger partial charge on any atom is 0.501 e. The molecule has 0 saturated heterocycles. The van der Waals surface area contributed by atoms with Gasteiger partial charge < -0.3 is 13.3 Å². The van der Waals surface area contributed by atoms with Gasteiger partial charge in [-0.2, -0.15) is 0 Å². The van der Waals surface area contributed by atoms with E-state index in [1.807, 2.05) is 0 Å². The Morgan fingerprint density at radius 2 is 1.54 bits per heavy atom. The number of hydrogen-bond acceptors (Lipinski definition) is 3. The summed E-state index contributed by atoms with van der Waals surface area (Å²) in [6.07, 6.45) is 17.0. The van der Waals surface area contributed by atoms with Crippen molar-refractivity contribution in [3.63, 3.8) is 0 Å². The first kappa shape index (κ1) is 21.9. The van der Waals surface area contributed by atoms with E-state index in [9.17, 15) is 0 Å². The maximum atomic E-state index is 7.03. The van der Waals surface area contributed by atoms with E-state index in [4.69, 9.17) is 13.3 Å². The minimum absolute atomic E-state index is 0.240. The van der Waals surface area contributed by atoms with E-state index in [1.165, 1.54) is 50.5 Å². The van der Waals surface area contributed by atoms with Crippen LogP contribution in [0, 0.1) is 0 Å². The molecule has 0 aromatic rings. The third-order valence-electron chi connectivity index (χ3n) is 5.86. The van der Waals surface area contributed by atoms with Gasteiger partial charge in [-0.1, -0.05) is 31.6 Å². The van der Waals surface area contributed by atoms with Gasteiger partial charge in [-0.3, -0.25) is 0 Å². The molecule has 0 spiro atoms. The van der Waals surface area contributed by atoms with Crippen molar-refractivity contribution in [1.29, 1.82) is 0 Å². The highest BCUT2D eigenvalue weighted by Crippen LogP contribution is 2.42. The normalized spacial score (nSPS) is 21.1. The zero-order valence-corrected chi connectivity index (χ0v) is 18.6. The molecule has 1 atom stereocenters. The van der Waals surface area contributed by atoms with Crippen molar-refractivity contribution in [2.75, 3.05) is 13.2 Å². The summed E-state index contributed by atoms with van der Waals surface area (Å²) in [5, 5.41) is 0. The first-order valence-corrected chi connectivity index (χ1v) is 12.9. The first-order valence-electron chi connectivity index (χ1n) is 11.0. The highest BCUT2D eigenvalue weighted by Gasteiger charge is 2.48. The Morgan fingerprint density at radius 1 is 0.885 bits per heavy atom. The lowest BCUT2D eigenvalue weighted by atomic mass is 9.78. The van der Waals surface area contributed by atoms with E-state index in [2.05, 4.69) is 39.8 Å². The summed E-state index contributed by atoms with van der Waals surface area (Å²) in [5.41, 5.74) is 2.84. The van der Waals surface area contributed by atoms with Crippen LogP contribution in [0.4, 0.5) is 0 Å². The Balaban J connectivity index is 2.36. The predicted molar refractivity (Wildman–Crippen MR) is 111 cm³/mol. The molecule has 0 heterocycles. The molecule has 4 heteroatoms. The molecule has 0 N–H and O–H groups in total. The van der Waals surface area contributed by atoms with Crippen LogP contribution in [0.1, 0.15) is 91.9 Å². The van der Waals surface area contributed by atoms with Gasteiger partial charge in [-0.15, -0.1) is 0 Å². The summed E-state index contributed by atoms with van der Waals surface area (Å²) in [6.45, 7) is 9.86. The molecule has 3 nitrogen and oxygen atoms in total. The first-order chi connectivity index (χ1) is 12.6. The van der Waals surface area contributed by atoms with Crippen molar-refractivity contribution in [1.82, 2.24) is 0 Å². The molecular formula is C22H40O3Si. The van der Waals surface area contributed by atoms with Crippen LogP contribution in [0.3, 0.4) is 0 Å². The van der Waals surface area contributed by atoms with Crippen molar-refractivity contribution in [3.05, 3.63) is 23.3 Å². The Hall–Kier alpha value is -0.423. The van der Waals surface area contributed by atoms with Gasteiger partial charge in [0.05, 0.1) is 5.60 Å². The van der Waals surface area contributed by atoms with E-state index < -0.39 is 8.80 Å². The lowest BCUT2D eigenvalue weighted by Gasteiger charge is -2.44. The second-order valence-corrected chi connectivity index (χ2v) is 10.5. The summed E-state index contributed by atoms with van der Waals surface area (Å²) in [7, 11) is -2.66. The van der Waals surface area contributed by atoms with Crippen molar-refractivity contribution in [2.24, 2.45) is 0 Å². The van der Waals surface area contributed by atoms with Crippen LogP contribution in [0.2, 0.25) is 6.04 Å². The van der Waals surface area contributed by atoms with Crippen LogP contribution in [0.25, 0.3) is 0 Å². The van der Waals surface area contributed by atoms with Gasteiger partial charge in [-0.05, 0) is 77.2 Å². The largest absolute Gasteiger partial charge is 0.501 e. The van der Waals surface area contributed by atoms with Crippen molar-refractivity contribution in [3.8, 4) is 0 Å². The van der Waals surface area contributed by atoms with Crippen LogP contribution in [0.5, 0.6) is 0 Å². The molecule has 0 bridgehead atoms. The second-order valence-electron chi connectivity index (χ2n) is 7.61. The van der Waals surface area contributed by atoms with Gasteiger partial charge in [0.1, 0.15) is 0 Å². The van der Waals surface area contributed by atoms with Gasteiger partial charge in [0.25, 0.3) is 0 Å². The molecular weight excluding hydrogens is 340 g/mol. The lowest BCUT2D eigenvalue weighted by Crippen LogP contribution is -2.53. The van der Waals surface area contributed by atoms with Gasteiger partial charge in [0, 0.05) is 25.7 Å². The zero-order chi connectivity index (χ0) is 18.9. The van der Waals surface area contributed by atoms with E-state index in [0.717, 1.165) is 25.3 Å². The topological polar surface area (TPSA) is 27.7 Å². The lowest BCUT2D eigenvalue weighted by molar-refractivity contribution is -0.0143. The molecule has 0 radical (unpaired) electrons. The third-order valence-corrected chi connectivity index (χ3v) is 8.88. The van der Waals surface area contributed by atoms with E-state index in [-0.39, 0.29) is 5.60 Å². The Labute approximate surface area is 162 Å². The van der Waals surface area contributed by atoms with Gasteiger partial charge >= 0.3 is 8.80 Å². The molecule has 26 heavy (non-hydrogen) atoms. The quantitative estimate of drug-likeness (QED) is 0.299. The van der Waals surface area contributed by atoms with Crippen molar-refractivity contribution < 1.29 is 13.3 Å². The Morgan fingerprint density at radius 3 is 2.00 bits per heavy atom. The molecule has 2 aliphatic rings. The standard InChI is InChI=1S/C22H40O3Si/c1-5-22(21-17-13-10-14-18-21,19-20-15-11-9-12-16-20)25-26(8-4,23-6-2)24-7-3/h15,17H,5-14,16,18-19H2,1-4H3. The molecule has 0 aliphatic heterocycles. The van der Waals surface area contributed by atoms with E-state index in [1.54, 1.807) is 5.57 Å². The van der Waals surface area contributed by atoms with Crippen molar-refractivity contribution >= 4 is 8.80 Å². The van der Waals surface area contributed by atoms with Crippen molar-refractivity contribution in [2.45, 2.75) is 104 Å². The minimum Gasteiger partial charge on any atom is -0.374 e. The third kappa shape index (κ3) is 5.54. The highest BCUT2D eigenvalue weighted by molar-refractivity contribution is 6.60. The number of hydrogen-bond donors (Lipinski definition) is 0. The molecule has 0 aromatic carbocycles. The smallest absolute Gasteiger partial charge is 0.374 e. The fourth-order valence-corrected chi connectivity index (χ4v) is 7.01. The highest BCUT2D eigenvalue weighted by atomic mass is 28.4. The molecule has 0 amide bonds. The summed E-state index contributed by atoms with van der Waals surface area (Å²) in [5.74, 6) is 0. The summed E-state index contributed by atoms with van der Waals surface area (Å²) >= 11 is 0. The average molecular weight is 381 g/mol. The van der Waals surface area contributed by atoms with E-state index >= 15 is 0 Å². The fourth-order valence-electron chi connectivity index (χ4n) is 4.44. The summed E-state index contributed by atoms with van der Waals surface area (Å²) < 4.78 is 19.4. The van der Waals surface area contributed by atoms with Gasteiger partial charge in [0.15, 0.2) is 0 Å². The Kier molecular flexibility index (Phi) is 9.08. The van der Waals surface area contributed by atoms with Crippen LogP contribution < -0.4 is 0 Å². The van der Waals surface area contributed by atoms with Crippen LogP contribution in [-0.4, -0.2) is 27.6 Å². The molecule has 2 aliphatic carbocycles. The summed E-state index contributed by atoms with van der Waals surface area (Å²) in [4.78, 5) is 0. The Bertz CT molecular complexity index is 480. The molecule has 150 valence electrons. The minimum atomic E-state index is -2.66. The predicted octanol–water partition coefficient (Wildman–Crippen LogP) is 6.57. The van der Waals surface area contributed by atoms with Gasteiger partial charge in [-0.25, -0.2) is 0 Å². The molecule has 1 unspecified atom stereocenters. The van der Waals surface area contributed by atoms with Crippen LogP contribution >= 0.6 is 0 Å². The summed E-state index contributed by atoms with van der Waals surface area (Å²) in [6, 6.07) is 0.836. The molecule has 2 rings (SSSR count). The van der Waals surface area contributed by atoms with Gasteiger partial charge in [0.2, 0.25) is 0 Å². The number of allylic oxidation sites excluding steroid dienone is 2. The zero-order valence-electron chi connectivity index (χ0n) is 17.6. The SMILES string of the molecule is CCO[Si](CC)(OCC)OC(CC)(CC1=CCCCC1)C1=CCCCC1. The molecule has 0 fully saturated rings. The molecule has 0 aromatic heterocycles. The number of rotatable bonds is 11. The second kappa shape index (κ2) is 10.8.